The molecule has 1 amide bonds. The second-order valence-electron chi connectivity index (χ2n) is 8.68. The van der Waals surface area contributed by atoms with E-state index in [1.54, 1.807) is 43.3 Å². The Morgan fingerprint density at radius 2 is 1.73 bits per heavy atom. The lowest BCUT2D eigenvalue weighted by Gasteiger charge is -2.15. The Balaban J connectivity index is 1.68. The van der Waals surface area contributed by atoms with Crippen molar-refractivity contribution >= 4 is 50.7 Å². The van der Waals surface area contributed by atoms with Crippen LogP contribution in [0.15, 0.2) is 92.4 Å². The molecule has 1 heterocycles. The number of carbonyl (C=O) groups is 2. The lowest BCUT2D eigenvalue weighted by atomic mass is 10.1. The summed E-state index contributed by atoms with van der Waals surface area (Å²) in [6, 6.07) is 20.3. The fourth-order valence-corrected chi connectivity index (χ4v) is 5.39. The zero-order valence-electron chi connectivity index (χ0n) is 22.3. The molecule has 0 saturated carbocycles. The highest BCUT2D eigenvalue weighted by Crippen LogP contribution is 2.42. The van der Waals surface area contributed by atoms with Crippen molar-refractivity contribution in [1.82, 2.24) is 0 Å². The van der Waals surface area contributed by atoms with Crippen LogP contribution in [0.3, 0.4) is 0 Å². The average Bonchev–Trinajstić information content (AvgIpc) is 3.23. The molecule has 3 aromatic carbocycles. The second-order valence-corrected chi connectivity index (χ2v) is 10.6. The average molecular weight is 623 g/mol. The first-order valence-corrected chi connectivity index (χ1v) is 14.2. The van der Waals surface area contributed by atoms with Crippen LogP contribution in [0.5, 0.6) is 11.5 Å². The van der Waals surface area contributed by atoms with Crippen LogP contribution in [0.1, 0.15) is 40.9 Å². The lowest BCUT2D eigenvalue weighted by Crippen LogP contribution is -2.14. The summed E-state index contributed by atoms with van der Waals surface area (Å²) in [6.07, 6.45) is 1.69. The molecule has 1 aliphatic heterocycles. The summed E-state index contributed by atoms with van der Waals surface area (Å²) in [5, 5.41) is 11.1. The van der Waals surface area contributed by atoms with Gasteiger partial charge in [0, 0.05) is 5.56 Å². The van der Waals surface area contributed by atoms with Crippen LogP contribution in [0.25, 0.3) is 6.08 Å². The van der Waals surface area contributed by atoms with Crippen molar-refractivity contribution in [2.45, 2.75) is 27.4 Å². The van der Waals surface area contributed by atoms with Gasteiger partial charge in [0.25, 0.3) is 5.91 Å². The Labute approximate surface area is 245 Å². The van der Waals surface area contributed by atoms with E-state index >= 15 is 0 Å². The molecule has 4 rings (SSSR count). The van der Waals surface area contributed by atoms with Crippen molar-refractivity contribution in [3.8, 4) is 11.5 Å². The fraction of sp³-hybridized carbons (Fsp3) is 0.194. The van der Waals surface area contributed by atoms with Gasteiger partial charge in [-0.2, -0.15) is 0 Å². The smallest absolute Gasteiger partial charge is 0.344 e. The number of nitrogens with zero attached hydrogens (tertiary/aromatic N) is 1. The van der Waals surface area contributed by atoms with Gasteiger partial charge in [0.15, 0.2) is 11.5 Å². The summed E-state index contributed by atoms with van der Waals surface area (Å²) < 4.78 is 17.7. The first-order valence-electron chi connectivity index (χ1n) is 12.6. The van der Waals surface area contributed by atoms with E-state index in [0.29, 0.717) is 45.2 Å². The van der Waals surface area contributed by atoms with Gasteiger partial charge in [-0.15, -0.1) is 0 Å². The van der Waals surface area contributed by atoms with Gasteiger partial charge < -0.3 is 19.3 Å². The maximum Gasteiger partial charge on any atom is 0.344 e. The summed E-state index contributed by atoms with van der Waals surface area (Å²) in [7, 11) is 0. The number of aliphatic hydroxyl groups is 1. The zero-order valence-corrected chi connectivity index (χ0v) is 24.7. The number of thioether (sulfide) groups is 1. The minimum Gasteiger partial charge on any atom is -0.506 e. The number of aliphatic imine (C=N–C) groups is 1. The number of carbonyl (C=O) groups excluding carboxylic acids is 2. The van der Waals surface area contributed by atoms with Gasteiger partial charge in [0.05, 0.1) is 22.6 Å². The molecule has 40 heavy (non-hydrogen) atoms. The number of hydrogen-bond acceptors (Lipinski definition) is 7. The first kappa shape index (κ1) is 29.2. The number of ether oxygens (including phenoxy) is 3. The van der Waals surface area contributed by atoms with E-state index in [0.717, 1.165) is 22.9 Å². The Hall–Kier alpha value is -3.82. The second kappa shape index (κ2) is 13.5. The van der Waals surface area contributed by atoms with Crippen LogP contribution in [0, 0.1) is 6.92 Å². The van der Waals surface area contributed by atoms with E-state index in [2.05, 4.69) is 20.9 Å². The number of esters is 1. The summed E-state index contributed by atoms with van der Waals surface area (Å²) in [5.41, 5.74) is 2.91. The summed E-state index contributed by atoms with van der Waals surface area (Å²) in [5.74, 6) is -0.533. The van der Waals surface area contributed by atoms with E-state index in [-0.39, 0.29) is 23.0 Å². The molecule has 0 aromatic heterocycles. The number of aliphatic hydroxyl groups excluding tert-OH is 1. The zero-order chi connectivity index (χ0) is 28.6. The van der Waals surface area contributed by atoms with E-state index < -0.39 is 11.9 Å². The van der Waals surface area contributed by atoms with Gasteiger partial charge in [0.1, 0.15) is 23.0 Å². The van der Waals surface area contributed by atoms with Crippen LogP contribution in [-0.4, -0.2) is 35.2 Å². The molecular weight excluding hydrogens is 594 g/mol. The minimum atomic E-state index is -0.757. The molecule has 0 unspecified atom stereocenters. The third kappa shape index (κ3) is 7.03. The molecule has 0 bridgehead atoms. The van der Waals surface area contributed by atoms with Crippen LogP contribution >= 0.6 is 27.7 Å². The van der Waals surface area contributed by atoms with Gasteiger partial charge >= 0.3 is 5.97 Å². The Morgan fingerprint density at radius 1 is 1.00 bits per heavy atom. The van der Waals surface area contributed by atoms with Crippen LogP contribution in [0.2, 0.25) is 0 Å². The monoisotopic (exact) mass is 621 g/mol. The maximum absolute atomic E-state index is 12.9. The molecular formula is C31H28BrNO6S. The van der Waals surface area contributed by atoms with Gasteiger partial charge in [-0.05, 0) is 78.2 Å². The van der Waals surface area contributed by atoms with Gasteiger partial charge in [0.2, 0.25) is 0 Å². The number of aryl methyl sites for hydroxylation is 1. The number of amides is 1. The molecule has 0 fully saturated rings. The number of halogens is 1. The standard InChI is InChI=1S/C31H28BrNO6S/c1-4-37-24-16-21(15-23(32)28(24)39-18-20-9-7-6-8-10-20)17-25-27(34)26(31(36)38-5-2)30(40-25)33-29(35)22-13-11-19(3)12-14-22/h6-17,34H,4-5,18H2,1-3H3/b25-17-,33-30?. The third-order valence-electron chi connectivity index (χ3n) is 5.73. The summed E-state index contributed by atoms with van der Waals surface area (Å²) in [4.78, 5) is 30.1. The number of benzene rings is 3. The number of rotatable bonds is 9. The minimum absolute atomic E-state index is 0.0692. The maximum atomic E-state index is 12.9. The SMILES string of the molecule is CCOC(=O)C1=C(O)/C(=C/c2cc(Br)c(OCc3ccccc3)c(OCC)c2)SC1=NC(=O)c1ccc(C)cc1. The van der Waals surface area contributed by atoms with E-state index in [1.165, 1.54) is 0 Å². The molecule has 1 N–H and O–H groups in total. The van der Waals surface area contributed by atoms with Crippen LogP contribution in [-0.2, 0) is 16.1 Å². The summed E-state index contributed by atoms with van der Waals surface area (Å²) >= 11 is 4.60. The van der Waals surface area contributed by atoms with Gasteiger partial charge in [-0.3, -0.25) is 4.79 Å². The molecule has 9 heteroatoms. The molecule has 0 saturated heterocycles. The predicted octanol–water partition coefficient (Wildman–Crippen LogP) is 7.44. The quantitative estimate of drug-likeness (QED) is 0.248. The first-order chi connectivity index (χ1) is 19.3. The molecule has 1 aliphatic rings. The number of hydrogen-bond donors (Lipinski definition) is 1. The lowest BCUT2D eigenvalue weighted by molar-refractivity contribution is -0.138. The molecule has 0 spiro atoms. The largest absolute Gasteiger partial charge is 0.506 e. The highest BCUT2D eigenvalue weighted by molar-refractivity contribution is 9.10. The molecule has 0 aliphatic carbocycles. The fourth-order valence-electron chi connectivity index (χ4n) is 3.80. The Kier molecular flexibility index (Phi) is 9.84. The molecule has 206 valence electrons. The molecule has 0 atom stereocenters. The van der Waals surface area contributed by atoms with Crippen molar-refractivity contribution in [1.29, 1.82) is 0 Å². The van der Waals surface area contributed by atoms with Crippen molar-refractivity contribution < 1.29 is 28.9 Å². The Bertz CT molecular complexity index is 1500. The highest BCUT2D eigenvalue weighted by Gasteiger charge is 2.34. The van der Waals surface area contributed by atoms with Gasteiger partial charge in [-0.25, -0.2) is 9.79 Å². The topological polar surface area (TPSA) is 94.4 Å². The van der Waals surface area contributed by atoms with Crippen molar-refractivity contribution in [2.24, 2.45) is 4.99 Å². The van der Waals surface area contributed by atoms with Crippen molar-refractivity contribution in [3.05, 3.63) is 110 Å². The van der Waals surface area contributed by atoms with E-state index in [9.17, 15) is 14.7 Å². The third-order valence-corrected chi connectivity index (χ3v) is 7.34. The van der Waals surface area contributed by atoms with Crippen LogP contribution in [0.4, 0.5) is 0 Å². The van der Waals surface area contributed by atoms with E-state index in [4.69, 9.17) is 14.2 Å². The molecule has 3 aromatic rings. The van der Waals surface area contributed by atoms with E-state index in [1.807, 2.05) is 50.2 Å². The Morgan fingerprint density at radius 3 is 2.40 bits per heavy atom. The normalized spacial score (nSPS) is 15.0. The molecule has 7 nitrogen and oxygen atoms in total. The van der Waals surface area contributed by atoms with Crippen molar-refractivity contribution in [2.75, 3.05) is 13.2 Å². The van der Waals surface area contributed by atoms with Crippen molar-refractivity contribution in [3.63, 3.8) is 0 Å². The predicted molar refractivity (Wildman–Crippen MR) is 161 cm³/mol. The van der Waals surface area contributed by atoms with Crippen LogP contribution < -0.4 is 9.47 Å². The highest BCUT2D eigenvalue weighted by atomic mass is 79.9. The summed E-state index contributed by atoms with van der Waals surface area (Å²) in [6.45, 7) is 6.34. The molecule has 0 radical (unpaired) electrons. The van der Waals surface area contributed by atoms with Gasteiger partial charge in [-0.1, -0.05) is 59.8 Å².